The minimum Gasteiger partial charge on any atom is -0.447 e. The molecule has 6 nitrogen and oxygen atoms in total. The first-order valence-electron chi connectivity index (χ1n) is 5.01. The molecule has 1 aromatic carbocycles. The van der Waals surface area contributed by atoms with Gasteiger partial charge in [0.15, 0.2) is 0 Å². The summed E-state index contributed by atoms with van der Waals surface area (Å²) in [4.78, 5) is 21.8. The molecule has 17 heavy (non-hydrogen) atoms. The SMILES string of the molecule is CCOC(=O)/N=N/C(=O)OCc1ccccc1. The van der Waals surface area contributed by atoms with Crippen LogP contribution in [0.2, 0.25) is 0 Å². The molecule has 0 unspecified atom stereocenters. The Balaban J connectivity index is 2.33. The zero-order valence-corrected chi connectivity index (χ0v) is 9.33. The van der Waals surface area contributed by atoms with Crippen LogP contribution in [0.4, 0.5) is 9.59 Å². The first-order chi connectivity index (χ1) is 8.22. The average molecular weight is 236 g/mol. The zero-order chi connectivity index (χ0) is 12.5. The van der Waals surface area contributed by atoms with Crippen molar-refractivity contribution < 1.29 is 19.1 Å². The van der Waals surface area contributed by atoms with Gasteiger partial charge in [-0.05, 0) is 12.5 Å². The van der Waals surface area contributed by atoms with E-state index >= 15 is 0 Å². The smallest absolute Gasteiger partial charge is 0.447 e. The van der Waals surface area contributed by atoms with E-state index in [9.17, 15) is 9.59 Å². The first kappa shape index (κ1) is 12.8. The maximum atomic E-state index is 11.0. The van der Waals surface area contributed by atoms with Gasteiger partial charge in [0.2, 0.25) is 0 Å². The molecule has 0 saturated carbocycles. The quantitative estimate of drug-likeness (QED) is 0.756. The minimum atomic E-state index is -0.929. The summed E-state index contributed by atoms with van der Waals surface area (Å²) in [6.07, 6.45) is -1.84. The van der Waals surface area contributed by atoms with Crippen molar-refractivity contribution >= 4 is 12.2 Å². The van der Waals surface area contributed by atoms with E-state index in [0.29, 0.717) is 0 Å². The van der Waals surface area contributed by atoms with Crippen molar-refractivity contribution in [2.45, 2.75) is 13.5 Å². The van der Waals surface area contributed by atoms with E-state index in [1.54, 1.807) is 19.1 Å². The van der Waals surface area contributed by atoms with Crippen molar-refractivity contribution in [3.05, 3.63) is 35.9 Å². The normalized spacial score (nSPS) is 10.2. The van der Waals surface area contributed by atoms with E-state index in [1.807, 2.05) is 18.2 Å². The minimum absolute atomic E-state index is 0.0848. The van der Waals surface area contributed by atoms with Crippen LogP contribution < -0.4 is 0 Å². The number of nitrogens with zero attached hydrogens (tertiary/aromatic N) is 2. The van der Waals surface area contributed by atoms with Crippen LogP contribution in [0.1, 0.15) is 12.5 Å². The van der Waals surface area contributed by atoms with E-state index in [1.165, 1.54) is 0 Å². The third-order valence-electron chi connectivity index (χ3n) is 1.69. The summed E-state index contributed by atoms with van der Waals surface area (Å²) in [5.41, 5.74) is 0.826. The predicted octanol–water partition coefficient (Wildman–Crippen LogP) is 2.93. The van der Waals surface area contributed by atoms with Gasteiger partial charge in [-0.1, -0.05) is 40.6 Å². The van der Waals surface area contributed by atoms with Crippen LogP contribution in [0.3, 0.4) is 0 Å². The number of benzene rings is 1. The zero-order valence-electron chi connectivity index (χ0n) is 9.33. The summed E-state index contributed by atoms with van der Waals surface area (Å²) in [7, 11) is 0. The third-order valence-corrected chi connectivity index (χ3v) is 1.69. The molecule has 0 aliphatic rings. The molecule has 6 heteroatoms. The standard InChI is InChI=1S/C11H12N2O4/c1-2-16-10(14)12-13-11(15)17-8-9-6-4-3-5-7-9/h3-7H,2,8H2,1H3/b13-12+. The summed E-state index contributed by atoms with van der Waals surface area (Å²) in [5.74, 6) is 0. The molecule has 0 spiro atoms. The van der Waals surface area contributed by atoms with Crippen LogP contribution in [0, 0.1) is 0 Å². The second kappa shape index (κ2) is 7.10. The second-order valence-electron chi connectivity index (χ2n) is 2.94. The van der Waals surface area contributed by atoms with Crippen LogP contribution in [0.15, 0.2) is 40.6 Å². The molecule has 0 aliphatic carbocycles. The van der Waals surface area contributed by atoms with Crippen molar-refractivity contribution in [1.29, 1.82) is 0 Å². The van der Waals surface area contributed by atoms with E-state index in [-0.39, 0.29) is 13.2 Å². The van der Waals surface area contributed by atoms with Gasteiger partial charge in [0.1, 0.15) is 6.61 Å². The predicted molar refractivity (Wildman–Crippen MR) is 58.5 cm³/mol. The van der Waals surface area contributed by atoms with Crippen molar-refractivity contribution in [2.24, 2.45) is 10.2 Å². The maximum absolute atomic E-state index is 11.0. The average Bonchev–Trinajstić information content (AvgIpc) is 2.35. The fourth-order valence-electron chi connectivity index (χ4n) is 0.982. The number of hydrogen-bond acceptors (Lipinski definition) is 4. The van der Waals surface area contributed by atoms with Crippen LogP contribution in [-0.2, 0) is 16.1 Å². The van der Waals surface area contributed by atoms with Gasteiger partial charge in [-0.2, -0.15) is 0 Å². The van der Waals surface area contributed by atoms with Crippen LogP contribution in [0.25, 0.3) is 0 Å². The third kappa shape index (κ3) is 5.41. The molecule has 0 radical (unpaired) electrons. The molecule has 0 atom stereocenters. The molecule has 0 aromatic heterocycles. The Morgan fingerprint density at radius 3 is 2.24 bits per heavy atom. The summed E-state index contributed by atoms with van der Waals surface area (Å²) >= 11 is 0. The van der Waals surface area contributed by atoms with E-state index in [2.05, 4.69) is 15.0 Å². The highest BCUT2D eigenvalue weighted by atomic mass is 16.6. The number of amides is 2. The van der Waals surface area contributed by atoms with Gasteiger partial charge < -0.3 is 9.47 Å². The Morgan fingerprint density at radius 2 is 1.65 bits per heavy atom. The summed E-state index contributed by atoms with van der Waals surface area (Å²) in [6, 6.07) is 9.10. The highest BCUT2D eigenvalue weighted by Gasteiger charge is 2.03. The highest BCUT2D eigenvalue weighted by Crippen LogP contribution is 2.01. The lowest BCUT2D eigenvalue weighted by Crippen LogP contribution is -2.01. The maximum Gasteiger partial charge on any atom is 0.452 e. The number of hydrogen-bond donors (Lipinski definition) is 0. The lowest BCUT2D eigenvalue weighted by Gasteiger charge is -1.99. The fraction of sp³-hybridized carbons (Fsp3) is 0.273. The number of azo groups is 1. The van der Waals surface area contributed by atoms with Crippen LogP contribution in [-0.4, -0.2) is 18.8 Å². The van der Waals surface area contributed by atoms with Crippen molar-refractivity contribution in [2.75, 3.05) is 6.61 Å². The molecule has 0 fully saturated rings. The number of ether oxygens (including phenoxy) is 2. The molecule has 90 valence electrons. The van der Waals surface area contributed by atoms with Gasteiger partial charge in [-0.3, -0.25) is 0 Å². The van der Waals surface area contributed by atoms with Crippen molar-refractivity contribution in [1.82, 2.24) is 0 Å². The molecule has 0 N–H and O–H groups in total. The molecule has 0 bridgehead atoms. The Morgan fingerprint density at radius 1 is 1.06 bits per heavy atom. The van der Waals surface area contributed by atoms with E-state index < -0.39 is 12.2 Å². The summed E-state index contributed by atoms with van der Waals surface area (Å²) < 4.78 is 9.20. The second-order valence-corrected chi connectivity index (χ2v) is 2.94. The van der Waals surface area contributed by atoms with Gasteiger partial charge in [0, 0.05) is 0 Å². The van der Waals surface area contributed by atoms with Crippen molar-refractivity contribution in [3.63, 3.8) is 0 Å². The molecular formula is C11H12N2O4. The monoisotopic (exact) mass is 236 g/mol. The Labute approximate surface area is 98.3 Å². The van der Waals surface area contributed by atoms with Gasteiger partial charge in [-0.15, -0.1) is 0 Å². The van der Waals surface area contributed by atoms with E-state index in [0.717, 1.165) is 5.56 Å². The lowest BCUT2D eigenvalue weighted by atomic mass is 10.2. The van der Waals surface area contributed by atoms with E-state index in [4.69, 9.17) is 4.74 Å². The van der Waals surface area contributed by atoms with Gasteiger partial charge in [0.25, 0.3) is 0 Å². The highest BCUT2D eigenvalue weighted by molar-refractivity contribution is 5.73. The summed E-state index contributed by atoms with van der Waals surface area (Å²) in [5, 5.41) is 6.06. The fourth-order valence-corrected chi connectivity index (χ4v) is 0.982. The number of carbonyl (C=O) groups is 2. The molecule has 1 rings (SSSR count). The molecule has 0 saturated heterocycles. The lowest BCUT2D eigenvalue weighted by molar-refractivity contribution is 0.144. The largest absolute Gasteiger partial charge is 0.452 e. The Kier molecular flexibility index (Phi) is 5.36. The molecule has 0 heterocycles. The molecule has 2 amide bonds. The van der Waals surface area contributed by atoms with Crippen LogP contribution >= 0.6 is 0 Å². The summed E-state index contributed by atoms with van der Waals surface area (Å²) in [6.45, 7) is 1.89. The van der Waals surface area contributed by atoms with Crippen LogP contribution in [0.5, 0.6) is 0 Å². The van der Waals surface area contributed by atoms with Gasteiger partial charge in [0.05, 0.1) is 6.61 Å². The Bertz CT molecular complexity index is 403. The molecule has 1 aromatic rings. The number of carbonyl (C=O) groups excluding carboxylic acids is 2. The molecular weight excluding hydrogens is 224 g/mol. The molecule has 0 aliphatic heterocycles. The topological polar surface area (TPSA) is 77.3 Å². The Hall–Kier alpha value is -2.24. The number of rotatable bonds is 3. The first-order valence-corrected chi connectivity index (χ1v) is 5.01. The van der Waals surface area contributed by atoms with Gasteiger partial charge in [-0.25, -0.2) is 9.59 Å². The van der Waals surface area contributed by atoms with Crippen molar-refractivity contribution in [3.8, 4) is 0 Å². The van der Waals surface area contributed by atoms with Gasteiger partial charge >= 0.3 is 12.2 Å².